The van der Waals surface area contributed by atoms with E-state index in [1.54, 1.807) is 24.3 Å². The second-order valence-corrected chi connectivity index (χ2v) is 9.06. The molecule has 3 aromatic rings. The van der Waals surface area contributed by atoms with Gasteiger partial charge in [0.15, 0.2) is 5.78 Å². The zero-order valence-electron chi connectivity index (χ0n) is 15.3. The third kappa shape index (κ3) is 4.34. The van der Waals surface area contributed by atoms with Crippen LogP contribution >= 0.6 is 23.5 Å². The van der Waals surface area contributed by atoms with Crippen molar-refractivity contribution >= 4 is 50.7 Å². The molecule has 2 aromatic carbocycles. The Hall–Kier alpha value is -2.85. The molecule has 1 aliphatic heterocycles. The van der Waals surface area contributed by atoms with Gasteiger partial charge in [-0.3, -0.25) is 14.5 Å². The number of hydrogen-bond donors (Lipinski definition) is 3. The minimum Gasteiger partial charge on any atom is -0.310 e. The summed E-state index contributed by atoms with van der Waals surface area (Å²) in [6.45, 7) is 0. The third-order valence-electron chi connectivity index (χ3n) is 4.31. The predicted octanol–water partition coefficient (Wildman–Crippen LogP) is 3.82. The van der Waals surface area contributed by atoms with Crippen LogP contribution in [0, 0.1) is 0 Å². The molecule has 30 heavy (non-hydrogen) atoms. The van der Waals surface area contributed by atoms with E-state index in [-0.39, 0.29) is 21.9 Å². The minimum atomic E-state index is -3.92. The van der Waals surface area contributed by atoms with Crippen molar-refractivity contribution in [3.8, 4) is 0 Å². The van der Waals surface area contributed by atoms with Crippen molar-refractivity contribution in [2.75, 3.05) is 4.72 Å². The van der Waals surface area contributed by atoms with E-state index in [2.05, 4.69) is 20.0 Å². The smallest absolute Gasteiger partial charge is 0.261 e. The van der Waals surface area contributed by atoms with Gasteiger partial charge in [0.05, 0.1) is 16.3 Å². The van der Waals surface area contributed by atoms with Gasteiger partial charge in [0.2, 0.25) is 0 Å². The fraction of sp³-hybridized carbons (Fsp3) is 0. The number of nitrogens with one attached hydrogen (secondary N) is 3. The summed E-state index contributed by atoms with van der Waals surface area (Å²) in [5, 5.41) is 2.20. The average molecular weight is 459 g/mol. The molecule has 10 heteroatoms. The van der Waals surface area contributed by atoms with Crippen LogP contribution in [-0.2, 0) is 10.0 Å². The number of carbonyl (C=O) groups is 1. The molecule has 0 atom stereocenters. The highest BCUT2D eigenvalue weighted by Crippen LogP contribution is 2.27. The van der Waals surface area contributed by atoms with Gasteiger partial charge in [-0.1, -0.05) is 23.7 Å². The summed E-state index contributed by atoms with van der Waals surface area (Å²) >= 11 is 7.45. The molecule has 0 spiro atoms. The number of hydrogen-bond acceptors (Lipinski definition) is 7. The number of anilines is 1. The number of ketones is 1. The van der Waals surface area contributed by atoms with Crippen LogP contribution in [0.4, 0.5) is 5.69 Å². The van der Waals surface area contributed by atoms with E-state index in [1.807, 2.05) is 5.41 Å². The van der Waals surface area contributed by atoms with Crippen molar-refractivity contribution in [2.45, 2.75) is 4.90 Å². The zero-order valence-corrected chi connectivity index (χ0v) is 17.7. The standard InChI is InChI=1S/C20H15ClN4O3S2/c21-15-3-6-18(17(11-15)20(26)14-7-9-22-10-8-14)24-30(27,28)16-4-1-13(2-5-16)19-12-29-25-23-19/h1-12,23-25H. The monoisotopic (exact) mass is 458 g/mol. The highest BCUT2D eigenvalue weighted by Gasteiger charge is 2.20. The van der Waals surface area contributed by atoms with Gasteiger partial charge < -0.3 is 5.43 Å². The van der Waals surface area contributed by atoms with Crippen LogP contribution in [0.2, 0.25) is 5.02 Å². The highest BCUT2D eigenvalue weighted by molar-refractivity contribution is 8.00. The molecule has 4 rings (SSSR count). The lowest BCUT2D eigenvalue weighted by Crippen LogP contribution is -2.18. The van der Waals surface area contributed by atoms with Gasteiger partial charge in [-0.25, -0.2) is 8.42 Å². The Morgan fingerprint density at radius 1 is 1.03 bits per heavy atom. The van der Waals surface area contributed by atoms with E-state index >= 15 is 0 Å². The molecule has 0 radical (unpaired) electrons. The maximum Gasteiger partial charge on any atom is 0.261 e. The van der Waals surface area contributed by atoms with Gasteiger partial charge in [0.25, 0.3) is 10.0 Å². The molecule has 0 fully saturated rings. The van der Waals surface area contributed by atoms with Crippen molar-refractivity contribution in [1.29, 1.82) is 0 Å². The highest BCUT2D eigenvalue weighted by atomic mass is 35.5. The first-order valence-corrected chi connectivity index (χ1v) is 11.4. The van der Waals surface area contributed by atoms with E-state index in [1.165, 1.54) is 54.7 Å². The lowest BCUT2D eigenvalue weighted by atomic mass is 10.0. The fourth-order valence-electron chi connectivity index (χ4n) is 2.81. The molecule has 0 unspecified atom stereocenters. The molecule has 0 aliphatic carbocycles. The van der Waals surface area contributed by atoms with Crippen molar-refractivity contribution < 1.29 is 13.2 Å². The molecule has 0 saturated carbocycles. The molecule has 0 saturated heterocycles. The Morgan fingerprint density at radius 2 is 1.77 bits per heavy atom. The topological polar surface area (TPSA) is 100 Å². The summed E-state index contributed by atoms with van der Waals surface area (Å²) in [7, 11) is -3.92. The molecule has 0 amide bonds. The molecule has 3 N–H and O–H groups in total. The lowest BCUT2D eigenvalue weighted by Gasteiger charge is -2.13. The van der Waals surface area contributed by atoms with Crippen LogP contribution in [0.15, 0.2) is 77.3 Å². The molecular formula is C20H15ClN4O3S2. The summed E-state index contributed by atoms with van der Waals surface area (Å²) in [4.78, 5) is 19.7. The van der Waals surface area contributed by atoms with Gasteiger partial charge in [-0.2, -0.15) is 4.83 Å². The summed E-state index contributed by atoms with van der Waals surface area (Å²) in [5.74, 6) is -0.364. The van der Waals surface area contributed by atoms with E-state index in [9.17, 15) is 13.2 Å². The van der Waals surface area contributed by atoms with E-state index in [4.69, 9.17) is 11.6 Å². The maximum atomic E-state index is 12.9. The quantitative estimate of drug-likeness (QED) is 0.381. The van der Waals surface area contributed by atoms with Gasteiger partial charge in [-0.15, -0.1) is 0 Å². The number of carbonyl (C=O) groups excluding carboxylic acids is 1. The number of benzene rings is 2. The first-order chi connectivity index (χ1) is 14.4. The molecule has 7 nitrogen and oxygen atoms in total. The van der Waals surface area contributed by atoms with Gasteiger partial charge in [-0.05, 0) is 60.0 Å². The number of rotatable bonds is 6. The SMILES string of the molecule is O=C(c1ccncc1)c1cc(Cl)ccc1NS(=O)(=O)c1ccc(C2=CSNN2)cc1. The van der Waals surface area contributed by atoms with Gasteiger partial charge in [0.1, 0.15) is 0 Å². The average Bonchev–Trinajstić information content (AvgIpc) is 3.30. The fourth-order valence-corrected chi connectivity index (χ4v) is 4.60. The van der Waals surface area contributed by atoms with Crippen molar-refractivity contribution in [3.05, 3.63) is 94.1 Å². The van der Waals surface area contributed by atoms with Gasteiger partial charge in [0, 0.05) is 34.0 Å². The number of halogens is 1. The lowest BCUT2D eigenvalue weighted by molar-refractivity contribution is 0.103. The number of hydrazine groups is 1. The Labute approximate surface area is 182 Å². The van der Waals surface area contributed by atoms with E-state index in [0.29, 0.717) is 10.6 Å². The second-order valence-electron chi connectivity index (χ2n) is 6.26. The van der Waals surface area contributed by atoms with Gasteiger partial charge >= 0.3 is 0 Å². The number of nitrogens with zero attached hydrogens (tertiary/aromatic N) is 1. The Kier molecular flexibility index (Phi) is 5.78. The van der Waals surface area contributed by atoms with Crippen LogP contribution in [0.1, 0.15) is 21.5 Å². The third-order valence-corrected chi connectivity index (χ3v) is 6.50. The number of pyridine rings is 1. The van der Waals surface area contributed by atoms with Crippen LogP contribution < -0.4 is 15.0 Å². The molecule has 152 valence electrons. The Balaban J connectivity index is 1.64. The van der Waals surface area contributed by atoms with Crippen molar-refractivity contribution in [1.82, 2.24) is 15.2 Å². The summed E-state index contributed by atoms with van der Waals surface area (Å²) < 4.78 is 28.3. The molecule has 2 heterocycles. The first-order valence-electron chi connectivity index (χ1n) is 8.68. The van der Waals surface area contributed by atoms with Crippen LogP contribution in [0.25, 0.3) is 5.70 Å². The second kappa shape index (κ2) is 8.49. The normalized spacial score (nSPS) is 13.4. The number of sulfonamides is 1. The maximum absolute atomic E-state index is 12.9. The van der Waals surface area contributed by atoms with E-state index in [0.717, 1.165) is 11.3 Å². The van der Waals surface area contributed by atoms with E-state index < -0.39 is 10.0 Å². The zero-order chi connectivity index (χ0) is 21.1. The Morgan fingerprint density at radius 3 is 2.43 bits per heavy atom. The summed E-state index contributed by atoms with van der Waals surface area (Å²) in [6, 6.07) is 13.9. The van der Waals surface area contributed by atoms with Crippen LogP contribution in [0.5, 0.6) is 0 Å². The molecule has 0 bridgehead atoms. The Bertz CT molecular complexity index is 1230. The van der Waals surface area contributed by atoms with Crippen molar-refractivity contribution in [3.63, 3.8) is 0 Å². The molecular weight excluding hydrogens is 444 g/mol. The summed E-state index contributed by atoms with van der Waals surface area (Å²) in [6.07, 6.45) is 2.98. The largest absolute Gasteiger partial charge is 0.310 e. The molecule has 1 aromatic heterocycles. The van der Waals surface area contributed by atoms with Crippen LogP contribution in [-0.4, -0.2) is 19.2 Å². The minimum absolute atomic E-state index is 0.0720. The number of aromatic nitrogens is 1. The predicted molar refractivity (Wildman–Crippen MR) is 118 cm³/mol. The molecule has 1 aliphatic rings. The first kappa shape index (κ1) is 20.4. The summed E-state index contributed by atoms with van der Waals surface area (Å²) in [5.41, 5.74) is 5.32. The van der Waals surface area contributed by atoms with Crippen LogP contribution in [0.3, 0.4) is 0 Å². The van der Waals surface area contributed by atoms with Crippen molar-refractivity contribution in [2.24, 2.45) is 0 Å².